The van der Waals surface area contributed by atoms with Gasteiger partial charge in [-0.2, -0.15) is 13.2 Å². The van der Waals surface area contributed by atoms with Crippen LogP contribution in [0.3, 0.4) is 0 Å². The van der Waals surface area contributed by atoms with Crippen LogP contribution in [0.25, 0.3) is 0 Å². The Morgan fingerprint density at radius 1 is 1.25 bits per heavy atom. The van der Waals surface area contributed by atoms with Gasteiger partial charge in [-0.1, -0.05) is 37.3 Å². The number of alkyl halides is 3. The molecule has 1 aromatic carbocycles. The first-order chi connectivity index (χ1) is 9.18. The molecule has 20 heavy (non-hydrogen) atoms. The molecule has 0 spiro atoms. The molecule has 1 rings (SSSR count). The second-order valence-corrected chi connectivity index (χ2v) is 4.91. The Labute approximate surface area is 116 Å². The number of nitrogens with two attached hydrogens (primary N) is 1. The summed E-state index contributed by atoms with van der Waals surface area (Å²) < 4.78 is 37.6. The van der Waals surface area contributed by atoms with Crippen LogP contribution in [0.2, 0.25) is 0 Å². The van der Waals surface area contributed by atoms with Gasteiger partial charge in [0.2, 0.25) is 5.91 Å². The van der Waals surface area contributed by atoms with Crippen molar-refractivity contribution in [3.05, 3.63) is 35.9 Å². The minimum absolute atomic E-state index is 0.0258. The average Bonchev–Trinajstić information content (AvgIpc) is 2.37. The van der Waals surface area contributed by atoms with E-state index in [1.807, 2.05) is 0 Å². The predicted molar refractivity (Wildman–Crippen MR) is 70.9 cm³/mol. The number of carbonyl (C=O) groups excluding carboxylic acids is 1. The van der Waals surface area contributed by atoms with Gasteiger partial charge < -0.3 is 10.6 Å². The van der Waals surface area contributed by atoms with Gasteiger partial charge in [0, 0.05) is 6.54 Å². The lowest BCUT2D eigenvalue weighted by atomic mass is 9.91. The molecule has 0 radical (unpaired) electrons. The van der Waals surface area contributed by atoms with E-state index in [2.05, 4.69) is 0 Å². The van der Waals surface area contributed by atoms with Gasteiger partial charge in [-0.05, 0) is 18.9 Å². The first-order valence-corrected chi connectivity index (χ1v) is 6.39. The molecule has 0 aromatic heterocycles. The lowest BCUT2D eigenvalue weighted by Crippen LogP contribution is -2.53. The summed E-state index contributed by atoms with van der Waals surface area (Å²) in [4.78, 5) is 13.1. The highest BCUT2D eigenvalue weighted by atomic mass is 19.4. The molecule has 0 fully saturated rings. The maximum atomic E-state index is 12.5. The highest BCUT2D eigenvalue weighted by Crippen LogP contribution is 2.23. The number of amides is 1. The molecule has 0 aliphatic carbocycles. The summed E-state index contributed by atoms with van der Waals surface area (Å²) in [7, 11) is 0. The van der Waals surface area contributed by atoms with E-state index in [1.165, 1.54) is 6.92 Å². The van der Waals surface area contributed by atoms with E-state index in [1.54, 1.807) is 37.3 Å². The number of hydrogen-bond donors (Lipinski definition) is 1. The number of hydrogen-bond acceptors (Lipinski definition) is 2. The number of carbonyl (C=O) groups is 1. The third-order valence-corrected chi connectivity index (χ3v) is 2.97. The van der Waals surface area contributed by atoms with E-state index >= 15 is 0 Å². The summed E-state index contributed by atoms with van der Waals surface area (Å²) in [6.45, 7) is 1.90. The normalized spacial score (nSPS) is 14.7. The van der Waals surface area contributed by atoms with Crippen LogP contribution in [0.5, 0.6) is 0 Å². The quantitative estimate of drug-likeness (QED) is 0.905. The van der Waals surface area contributed by atoms with E-state index in [0.717, 1.165) is 4.90 Å². The maximum absolute atomic E-state index is 12.5. The van der Waals surface area contributed by atoms with Crippen LogP contribution in [0, 0.1) is 0 Å². The summed E-state index contributed by atoms with van der Waals surface area (Å²) in [6.07, 6.45) is -4.00. The zero-order chi connectivity index (χ0) is 15.4. The van der Waals surface area contributed by atoms with Gasteiger partial charge in [-0.3, -0.25) is 4.79 Å². The summed E-state index contributed by atoms with van der Waals surface area (Å²) in [5.74, 6) is -0.720. The van der Waals surface area contributed by atoms with E-state index in [-0.39, 0.29) is 6.54 Å². The Morgan fingerprint density at radius 2 is 1.80 bits per heavy atom. The van der Waals surface area contributed by atoms with E-state index in [0.29, 0.717) is 12.0 Å². The Bertz CT molecular complexity index is 443. The molecule has 1 aromatic rings. The fraction of sp³-hybridized carbons (Fsp3) is 0.500. The molecule has 2 N–H and O–H groups in total. The van der Waals surface area contributed by atoms with Gasteiger partial charge in [0.15, 0.2) is 0 Å². The topological polar surface area (TPSA) is 46.3 Å². The summed E-state index contributed by atoms with van der Waals surface area (Å²) in [5.41, 5.74) is 5.00. The fourth-order valence-electron chi connectivity index (χ4n) is 1.98. The highest BCUT2D eigenvalue weighted by molar-refractivity contribution is 5.87. The van der Waals surface area contributed by atoms with Crippen LogP contribution in [0.4, 0.5) is 13.2 Å². The van der Waals surface area contributed by atoms with Crippen molar-refractivity contribution in [1.29, 1.82) is 0 Å². The Hall–Kier alpha value is -1.56. The van der Waals surface area contributed by atoms with Crippen molar-refractivity contribution in [2.24, 2.45) is 5.73 Å². The van der Waals surface area contributed by atoms with Gasteiger partial charge in [0.05, 0.1) is 0 Å². The molecule has 112 valence electrons. The predicted octanol–water partition coefficient (Wildman–Crippen LogP) is 2.66. The first kappa shape index (κ1) is 16.5. The lowest BCUT2D eigenvalue weighted by molar-refractivity contribution is -0.164. The van der Waals surface area contributed by atoms with Crippen molar-refractivity contribution in [3.8, 4) is 0 Å². The lowest BCUT2D eigenvalue weighted by Gasteiger charge is -2.32. The largest absolute Gasteiger partial charge is 0.406 e. The molecule has 0 heterocycles. The third kappa shape index (κ3) is 4.23. The van der Waals surface area contributed by atoms with Crippen LogP contribution >= 0.6 is 0 Å². The monoisotopic (exact) mass is 288 g/mol. The SMILES string of the molecule is CCCN(CC(F)(F)F)C(=O)C(C)(N)c1ccccc1. The fourth-order valence-corrected chi connectivity index (χ4v) is 1.98. The van der Waals surface area contributed by atoms with Gasteiger partial charge in [0.1, 0.15) is 12.1 Å². The summed E-state index contributed by atoms with van der Waals surface area (Å²) >= 11 is 0. The molecule has 0 bridgehead atoms. The maximum Gasteiger partial charge on any atom is 0.406 e. The second-order valence-electron chi connectivity index (χ2n) is 4.91. The van der Waals surface area contributed by atoms with Crippen LogP contribution in [0.1, 0.15) is 25.8 Å². The summed E-state index contributed by atoms with van der Waals surface area (Å²) in [6, 6.07) is 8.41. The molecule has 1 atom stereocenters. The first-order valence-electron chi connectivity index (χ1n) is 6.39. The Balaban J connectivity index is 2.99. The molecule has 1 amide bonds. The zero-order valence-electron chi connectivity index (χ0n) is 11.6. The zero-order valence-corrected chi connectivity index (χ0v) is 11.6. The van der Waals surface area contributed by atoms with Crippen molar-refractivity contribution < 1.29 is 18.0 Å². The van der Waals surface area contributed by atoms with Gasteiger partial charge in [0.25, 0.3) is 0 Å². The summed E-state index contributed by atoms with van der Waals surface area (Å²) in [5, 5.41) is 0. The second kappa shape index (κ2) is 6.26. The molecule has 0 saturated heterocycles. The third-order valence-electron chi connectivity index (χ3n) is 2.97. The molecule has 0 aliphatic heterocycles. The number of rotatable bonds is 5. The smallest absolute Gasteiger partial charge is 0.332 e. The highest BCUT2D eigenvalue weighted by Gasteiger charge is 2.39. The van der Waals surface area contributed by atoms with Crippen molar-refractivity contribution >= 4 is 5.91 Å². The van der Waals surface area contributed by atoms with Crippen molar-refractivity contribution in [1.82, 2.24) is 4.90 Å². The van der Waals surface area contributed by atoms with Crippen molar-refractivity contribution in [2.45, 2.75) is 32.0 Å². The van der Waals surface area contributed by atoms with Gasteiger partial charge in [-0.25, -0.2) is 0 Å². The van der Waals surface area contributed by atoms with E-state index in [9.17, 15) is 18.0 Å². The molecule has 3 nitrogen and oxygen atoms in total. The molecular weight excluding hydrogens is 269 g/mol. The van der Waals surface area contributed by atoms with Gasteiger partial charge in [-0.15, -0.1) is 0 Å². The average molecular weight is 288 g/mol. The van der Waals surface area contributed by atoms with E-state index in [4.69, 9.17) is 5.73 Å². The van der Waals surface area contributed by atoms with E-state index < -0.39 is 24.2 Å². The number of nitrogens with zero attached hydrogens (tertiary/aromatic N) is 1. The standard InChI is InChI=1S/C14H19F3N2O/c1-3-9-19(10-14(15,16)17)12(20)13(2,18)11-7-5-4-6-8-11/h4-8H,3,9-10,18H2,1-2H3. The number of benzene rings is 1. The number of halogens is 3. The van der Waals surface area contributed by atoms with Crippen LogP contribution in [-0.2, 0) is 10.3 Å². The van der Waals surface area contributed by atoms with Gasteiger partial charge >= 0.3 is 6.18 Å². The van der Waals surface area contributed by atoms with Crippen molar-refractivity contribution in [3.63, 3.8) is 0 Å². The van der Waals surface area contributed by atoms with Crippen molar-refractivity contribution in [2.75, 3.05) is 13.1 Å². The van der Waals surface area contributed by atoms with Crippen LogP contribution in [-0.4, -0.2) is 30.1 Å². The molecule has 1 unspecified atom stereocenters. The minimum atomic E-state index is -4.43. The molecule has 0 saturated carbocycles. The molecular formula is C14H19F3N2O. The molecule has 0 aliphatic rings. The molecule has 6 heteroatoms. The Morgan fingerprint density at radius 3 is 2.25 bits per heavy atom. The van der Waals surface area contributed by atoms with Crippen LogP contribution < -0.4 is 5.73 Å². The minimum Gasteiger partial charge on any atom is -0.332 e. The Kier molecular flexibility index (Phi) is 5.16. The van der Waals surface area contributed by atoms with Crippen LogP contribution in [0.15, 0.2) is 30.3 Å².